The maximum atomic E-state index is 12.6. The second kappa shape index (κ2) is 10.1. The SMILES string of the molecule is Cc1ccc([N+](=O)[O-])cc1NC(=O)C(C)Sc1nnc(COc2ccc([N+](=O)[O-])cc2)n1C. The maximum absolute atomic E-state index is 12.6. The van der Waals surface area contributed by atoms with Gasteiger partial charge in [0.15, 0.2) is 11.0 Å². The van der Waals surface area contributed by atoms with Gasteiger partial charge in [-0.05, 0) is 31.5 Å². The van der Waals surface area contributed by atoms with E-state index in [1.165, 1.54) is 48.2 Å². The van der Waals surface area contributed by atoms with Crippen LogP contribution in [0.4, 0.5) is 17.1 Å². The van der Waals surface area contributed by atoms with E-state index in [0.717, 1.165) is 0 Å². The van der Waals surface area contributed by atoms with Gasteiger partial charge >= 0.3 is 0 Å². The molecule has 0 aliphatic carbocycles. The van der Waals surface area contributed by atoms with E-state index < -0.39 is 15.1 Å². The fourth-order valence-corrected chi connectivity index (χ4v) is 3.52. The summed E-state index contributed by atoms with van der Waals surface area (Å²) in [5, 5.41) is 32.5. The Balaban J connectivity index is 1.61. The second-order valence-electron chi connectivity index (χ2n) is 7.00. The van der Waals surface area contributed by atoms with Crippen LogP contribution in [0.25, 0.3) is 0 Å². The Morgan fingerprint density at radius 1 is 1.12 bits per heavy atom. The fourth-order valence-electron chi connectivity index (χ4n) is 2.69. The lowest BCUT2D eigenvalue weighted by atomic mass is 10.2. The number of hydrogen-bond acceptors (Lipinski definition) is 9. The molecular weight excluding hydrogens is 452 g/mol. The molecule has 3 rings (SSSR count). The van der Waals surface area contributed by atoms with Crippen LogP contribution in [-0.2, 0) is 18.4 Å². The summed E-state index contributed by atoms with van der Waals surface area (Å²) in [4.78, 5) is 33.3. The third-order valence-corrected chi connectivity index (χ3v) is 5.82. The summed E-state index contributed by atoms with van der Waals surface area (Å²) >= 11 is 1.17. The van der Waals surface area contributed by atoms with Crippen molar-refractivity contribution in [2.75, 3.05) is 5.32 Å². The molecule has 1 amide bonds. The Hall–Kier alpha value is -4.00. The standard InChI is InChI=1S/C20H20N6O6S/c1-12-4-5-15(26(30)31)10-17(12)21-19(27)13(2)33-20-23-22-18(24(20)3)11-32-16-8-6-14(7-9-16)25(28)29/h4-10,13H,11H2,1-3H3,(H,21,27). The van der Waals surface area contributed by atoms with E-state index in [9.17, 15) is 25.0 Å². The summed E-state index contributed by atoms with van der Waals surface area (Å²) in [5.41, 5.74) is 0.932. The number of benzene rings is 2. The number of ether oxygens (including phenoxy) is 1. The van der Waals surface area contributed by atoms with Crippen molar-refractivity contribution in [3.05, 3.63) is 74.1 Å². The zero-order chi connectivity index (χ0) is 24.1. The number of non-ortho nitro benzene ring substituents is 2. The number of hydrogen-bond donors (Lipinski definition) is 1. The molecule has 0 aliphatic rings. The zero-order valence-corrected chi connectivity index (χ0v) is 18.7. The lowest BCUT2D eigenvalue weighted by Crippen LogP contribution is -2.23. The van der Waals surface area contributed by atoms with Gasteiger partial charge in [0.2, 0.25) is 5.91 Å². The molecule has 1 aromatic heterocycles. The van der Waals surface area contributed by atoms with Gasteiger partial charge in [-0.15, -0.1) is 10.2 Å². The average Bonchev–Trinajstić information content (AvgIpc) is 3.12. The molecule has 0 saturated heterocycles. The highest BCUT2D eigenvalue weighted by atomic mass is 32.2. The fraction of sp³-hybridized carbons (Fsp3) is 0.250. The molecule has 3 aromatic rings. The van der Waals surface area contributed by atoms with Gasteiger partial charge in [-0.25, -0.2) is 0 Å². The number of aryl methyl sites for hydroxylation is 1. The Morgan fingerprint density at radius 2 is 1.76 bits per heavy atom. The molecule has 0 radical (unpaired) electrons. The van der Waals surface area contributed by atoms with Gasteiger partial charge in [0.05, 0.1) is 20.8 Å². The van der Waals surface area contributed by atoms with E-state index in [2.05, 4.69) is 15.5 Å². The van der Waals surface area contributed by atoms with Crippen molar-refractivity contribution in [3.8, 4) is 5.75 Å². The van der Waals surface area contributed by atoms with Gasteiger partial charge in [0.1, 0.15) is 12.4 Å². The number of carbonyl (C=O) groups is 1. The molecule has 172 valence electrons. The zero-order valence-electron chi connectivity index (χ0n) is 17.9. The van der Waals surface area contributed by atoms with Gasteiger partial charge in [0.25, 0.3) is 11.4 Å². The molecule has 0 bridgehead atoms. The topological polar surface area (TPSA) is 155 Å². The molecular formula is C20H20N6O6S. The number of nitrogens with zero attached hydrogens (tertiary/aromatic N) is 5. The smallest absolute Gasteiger partial charge is 0.271 e. The quantitative estimate of drug-likeness (QED) is 0.279. The molecule has 0 fully saturated rings. The van der Waals surface area contributed by atoms with Crippen molar-refractivity contribution in [1.82, 2.24) is 14.8 Å². The van der Waals surface area contributed by atoms with Crippen LogP contribution in [-0.4, -0.2) is 35.8 Å². The molecule has 0 aliphatic heterocycles. The van der Waals surface area contributed by atoms with E-state index in [1.807, 2.05) is 0 Å². The van der Waals surface area contributed by atoms with Crippen molar-refractivity contribution in [2.45, 2.75) is 30.9 Å². The summed E-state index contributed by atoms with van der Waals surface area (Å²) in [6, 6.07) is 9.95. The molecule has 12 nitrogen and oxygen atoms in total. The predicted molar refractivity (Wildman–Crippen MR) is 120 cm³/mol. The first-order valence-corrected chi connectivity index (χ1v) is 10.5. The van der Waals surface area contributed by atoms with Crippen LogP contribution in [0.5, 0.6) is 5.75 Å². The minimum atomic E-state index is -0.560. The largest absolute Gasteiger partial charge is 0.486 e. The molecule has 2 aromatic carbocycles. The van der Waals surface area contributed by atoms with Crippen LogP contribution in [0, 0.1) is 27.2 Å². The van der Waals surface area contributed by atoms with Gasteiger partial charge in [-0.3, -0.25) is 25.0 Å². The number of anilines is 1. The third-order valence-electron chi connectivity index (χ3n) is 4.68. The highest BCUT2D eigenvalue weighted by molar-refractivity contribution is 8.00. The third kappa shape index (κ3) is 5.83. The summed E-state index contributed by atoms with van der Waals surface area (Å²) in [6.07, 6.45) is 0. The summed E-state index contributed by atoms with van der Waals surface area (Å²) in [6.45, 7) is 3.51. The number of aromatic nitrogens is 3. The van der Waals surface area contributed by atoms with E-state index in [-0.39, 0.29) is 23.9 Å². The van der Waals surface area contributed by atoms with Crippen LogP contribution >= 0.6 is 11.8 Å². The lowest BCUT2D eigenvalue weighted by Gasteiger charge is -2.13. The van der Waals surface area contributed by atoms with E-state index in [0.29, 0.717) is 28.0 Å². The number of nitro benzene ring substituents is 2. The average molecular weight is 472 g/mol. The molecule has 1 N–H and O–H groups in total. The van der Waals surface area contributed by atoms with Crippen LogP contribution in [0.3, 0.4) is 0 Å². The number of carbonyl (C=O) groups excluding carboxylic acids is 1. The number of nitro groups is 2. The minimum absolute atomic E-state index is 0.0349. The van der Waals surface area contributed by atoms with Crippen molar-refractivity contribution in [1.29, 1.82) is 0 Å². The monoisotopic (exact) mass is 472 g/mol. The normalized spacial score (nSPS) is 11.6. The van der Waals surface area contributed by atoms with Crippen molar-refractivity contribution in [2.24, 2.45) is 7.05 Å². The first kappa shape index (κ1) is 23.7. The first-order valence-electron chi connectivity index (χ1n) is 9.63. The van der Waals surface area contributed by atoms with Crippen LogP contribution < -0.4 is 10.1 Å². The van der Waals surface area contributed by atoms with Crippen LogP contribution in [0.15, 0.2) is 47.6 Å². The molecule has 1 atom stereocenters. The van der Waals surface area contributed by atoms with Crippen LogP contribution in [0.1, 0.15) is 18.3 Å². The first-order chi connectivity index (χ1) is 15.7. The minimum Gasteiger partial charge on any atom is -0.486 e. The maximum Gasteiger partial charge on any atom is 0.271 e. The molecule has 1 unspecified atom stereocenters. The Labute approximate surface area is 192 Å². The highest BCUT2D eigenvalue weighted by Crippen LogP contribution is 2.26. The van der Waals surface area contributed by atoms with E-state index >= 15 is 0 Å². The second-order valence-corrected chi connectivity index (χ2v) is 8.31. The van der Waals surface area contributed by atoms with Crippen LogP contribution in [0.2, 0.25) is 0 Å². The van der Waals surface area contributed by atoms with Crippen molar-refractivity contribution < 1.29 is 19.4 Å². The van der Waals surface area contributed by atoms with Gasteiger partial charge in [-0.1, -0.05) is 17.8 Å². The molecule has 13 heteroatoms. The number of amides is 1. The molecule has 0 saturated carbocycles. The van der Waals surface area contributed by atoms with Crippen molar-refractivity contribution >= 4 is 34.7 Å². The van der Waals surface area contributed by atoms with Gasteiger partial charge < -0.3 is 14.6 Å². The highest BCUT2D eigenvalue weighted by Gasteiger charge is 2.20. The Kier molecular flexibility index (Phi) is 7.23. The van der Waals surface area contributed by atoms with E-state index in [4.69, 9.17) is 4.74 Å². The molecule has 1 heterocycles. The predicted octanol–water partition coefficient (Wildman–Crippen LogP) is 3.64. The summed E-state index contributed by atoms with van der Waals surface area (Å²) < 4.78 is 7.29. The summed E-state index contributed by atoms with van der Waals surface area (Å²) in [7, 11) is 1.73. The Morgan fingerprint density at radius 3 is 2.39 bits per heavy atom. The number of nitrogens with one attached hydrogen (secondary N) is 1. The van der Waals surface area contributed by atoms with E-state index in [1.54, 1.807) is 31.5 Å². The number of rotatable bonds is 9. The number of thioether (sulfide) groups is 1. The Bertz CT molecular complexity index is 1200. The molecule has 0 spiro atoms. The van der Waals surface area contributed by atoms with Crippen molar-refractivity contribution in [3.63, 3.8) is 0 Å². The summed E-state index contributed by atoms with van der Waals surface area (Å²) in [5.74, 6) is 0.603. The van der Waals surface area contributed by atoms with Gasteiger partial charge in [-0.2, -0.15) is 0 Å². The van der Waals surface area contributed by atoms with Gasteiger partial charge in [0, 0.05) is 31.3 Å². The lowest BCUT2D eigenvalue weighted by molar-refractivity contribution is -0.385. The molecule has 33 heavy (non-hydrogen) atoms.